The van der Waals surface area contributed by atoms with E-state index in [-0.39, 0.29) is 24.7 Å². The van der Waals surface area contributed by atoms with E-state index in [1.54, 1.807) is 0 Å². The van der Waals surface area contributed by atoms with Gasteiger partial charge in [0.25, 0.3) is 0 Å². The molecule has 1 heterocycles. The molecule has 4 aromatic rings. The number of hydrogen-bond donors (Lipinski definition) is 1. The van der Waals surface area contributed by atoms with Gasteiger partial charge in [0.05, 0.1) is 7.11 Å². The normalized spacial score (nSPS) is 17.5. The molecule has 0 fully saturated rings. The number of rotatable bonds is 8. The molecule has 1 aliphatic rings. The quantitative estimate of drug-likeness (QED) is 0.289. The summed E-state index contributed by atoms with van der Waals surface area (Å²) in [6, 6.07) is 29.6. The van der Waals surface area contributed by atoms with E-state index in [9.17, 15) is 4.79 Å². The lowest BCUT2D eigenvalue weighted by molar-refractivity contribution is -0.142. The van der Waals surface area contributed by atoms with Crippen molar-refractivity contribution in [2.24, 2.45) is 0 Å². The Morgan fingerprint density at radius 3 is 2.68 bits per heavy atom. The van der Waals surface area contributed by atoms with Crippen LogP contribution < -0.4 is 14.8 Å². The maximum absolute atomic E-state index is 11.6. The monoisotopic (exact) mass is 495 g/mol. The van der Waals surface area contributed by atoms with Gasteiger partial charge in [-0.25, -0.2) is 4.79 Å². The minimum atomic E-state index is -0.397. The Hall–Kier alpha value is -3.83. The first kappa shape index (κ1) is 24.8. The van der Waals surface area contributed by atoms with Crippen molar-refractivity contribution >= 4 is 16.7 Å². The number of aryl methyl sites for hydroxylation is 1. The Morgan fingerprint density at radius 2 is 1.81 bits per heavy atom. The molecule has 4 aromatic carbocycles. The minimum absolute atomic E-state index is 0.0114. The molecule has 3 atom stereocenters. The summed E-state index contributed by atoms with van der Waals surface area (Å²) < 4.78 is 16.9. The van der Waals surface area contributed by atoms with Crippen molar-refractivity contribution in [1.29, 1.82) is 0 Å². The van der Waals surface area contributed by atoms with Crippen LogP contribution in [0, 0.1) is 6.92 Å². The summed E-state index contributed by atoms with van der Waals surface area (Å²) in [7, 11) is 1.36. The fourth-order valence-electron chi connectivity index (χ4n) is 5.24. The van der Waals surface area contributed by atoms with Gasteiger partial charge in [-0.2, -0.15) is 0 Å². The van der Waals surface area contributed by atoms with Crippen molar-refractivity contribution < 1.29 is 19.0 Å². The second kappa shape index (κ2) is 11.1. The molecule has 190 valence electrons. The molecule has 0 saturated carbocycles. The molecular weight excluding hydrogens is 462 g/mol. The number of fused-ring (bicyclic) bond motifs is 2. The van der Waals surface area contributed by atoms with Crippen LogP contribution in [-0.4, -0.2) is 32.3 Å². The molecule has 37 heavy (non-hydrogen) atoms. The van der Waals surface area contributed by atoms with E-state index in [0.29, 0.717) is 5.75 Å². The zero-order chi connectivity index (χ0) is 25.8. The molecule has 5 rings (SSSR count). The smallest absolute Gasteiger partial charge is 0.343 e. The second-order valence-electron chi connectivity index (χ2n) is 9.71. The Labute approximate surface area is 218 Å². The SMILES string of the molecule is COC(=O)COc1cc(C)cc([C@@H]2C[C@H](CN[C@H](C)c3cccc4ccccc34)Oc3ccccc32)c1. The number of nitrogens with one attached hydrogen (secondary N) is 1. The third-order valence-electron chi connectivity index (χ3n) is 7.09. The van der Waals surface area contributed by atoms with Crippen molar-refractivity contribution in [2.45, 2.75) is 38.3 Å². The number of benzene rings is 4. The number of esters is 1. The Balaban J connectivity index is 1.36. The lowest BCUT2D eigenvalue weighted by Gasteiger charge is -2.33. The lowest BCUT2D eigenvalue weighted by Crippen LogP contribution is -2.37. The van der Waals surface area contributed by atoms with E-state index < -0.39 is 5.97 Å². The van der Waals surface area contributed by atoms with E-state index >= 15 is 0 Å². The van der Waals surface area contributed by atoms with Gasteiger partial charge in [0.2, 0.25) is 0 Å². The van der Waals surface area contributed by atoms with E-state index in [2.05, 4.69) is 72.9 Å². The minimum Gasteiger partial charge on any atom is -0.489 e. The number of ether oxygens (including phenoxy) is 3. The van der Waals surface area contributed by atoms with Crippen LogP contribution in [0.25, 0.3) is 10.8 Å². The fraction of sp³-hybridized carbons (Fsp3) is 0.281. The van der Waals surface area contributed by atoms with Gasteiger partial charge in [-0.3, -0.25) is 0 Å². The zero-order valence-electron chi connectivity index (χ0n) is 21.6. The summed E-state index contributed by atoms with van der Waals surface area (Å²) in [5, 5.41) is 6.25. The Morgan fingerprint density at radius 1 is 1.03 bits per heavy atom. The first-order valence-corrected chi connectivity index (χ1v) is 12.8. The lowest BCUT2D eigenvalue weighted by atomic mass is 9.83. The molecule has 5 heteroatoms. The Kier molecular flexibility index (Phi) is 7.42. The molecular formula is C32H33NO4. The van der Waals surface area contributed by atoms with Crippen LogP contribution in [0.15, 0.2) is 84.9 Å². The van der Waals surface area contributed by atoms with Gasteiger partial charge in [0.15, 0.2) is 6.61 Å². The second-order valence-corrected chi connectivity index (χ2v) is 9.71. The summed E-state index contributed by atoms with van der Waals surface area (Å²) in [5.41, 5.74) is 4.70. The van der Waals surface area contributed by atoms with Crippen molar-refractivity contribution in [3.8, 4) is 11.5 Å². The van der Waals surface area contributed by atoms with Gasteiger partial charge in [-0.05, 0) is 65.9 Å². The van der Waals surface area contributed by atoms with Gasteiger partial charge in [-0.1, -0.05) is 66.7 Å². The average molecular weight is 496 g/mol. The highest BCUT2D eigenvalue weighted by Crippen LogP contribution is 2.41. The van der Waals surface area contributed by atoms with Gasteiger partial charge in [0, 0.05) is 24.1 Å². The first-order valence-electron chi connectivity index (χ1n) is 12.8. The van der Waals surface area contributed by atoms with Gasteiger partial charge >= 0.3 is 5.97 Å². The summed E-state index contributed by atoms with van der Waals surface area (Å²) in [4.78, 5) is 11.6. The largest absolute Gasteiger partial charge is 0.489 e. The summed E-state index contributed by atoms with van der Waals surface area (Å²) in [5.74, 6) is 1.35. The maximum Gasteiger partial charge on any atom is 0.343 e. The van der Waals surface area contributed by atoms with Crippen LogP contribution in [0.3, 0.4) is 0 Å². The van der Waals surface area contributed by atoms with E-state index in [1.807, 2.05) is 31.2 Å². The van der Waals surface area contributed by atoms with Crippen LogP contribution in [0.1, 0.15) is 47.6 Å². The molecule has 0 radical (unpaired) electrons. The van der Waals surface area contributed by atoms with Crippen molar-refractivity contribution in [3.63, 3.8) is 0 Å². The highest BCUT2D eigenvalue weighted by atomic mass is 16.6. The highest BCUT2D eigenvalue weighted by molar-refractivity contribution is 5.86. The first-order chi connectivity index (χ1) is 18.0. The molecule has 0 unspecified atom stereocenters. The van der Waals surface area contributed by atoms with Gasteiger partial charge in [-0.15, -0.1) is 0 Å². The van der Waals surface area contributed by atoms with Crippen LogP contribution in [0.4, 0.5) is 0 Å². The molecule has 0 amide bonds. The van der Waals surface area contributed by atoms with Gasteiger partial charge < -0.3 is 19.5 Å². The number of hydrogen-bond acceptors (Lipinski definition) is 5. The summed E-state index contributed by atoms with van der Waals surface area (Å²) in [6.45, 7) is 4.88. The molecule has 0 bridgehead atoms. The molecule has 0 saturated heterocycles. The molecule has 1 aliphatic heterocycles. The summed E-state index contributed by atoms with van der Waals surface area (Å²) >= 11 is 0. The topological polar surface area (TPSA) is 56.8 Å². The van der Waals surface area contributed by atoms with Crippen LogP contribution in [0.2, 0.25) is 0 Å². The van der Waals surface area contributed by atoms with E-state index in [1.165, 1.54) is 29.0 Å². The van der Waals surface area contributed by atoms with E-state index in [0.717, 1.165) is 29.8 Å². The van der Waals surface area contributed by atoms with E-state index in [4.69, 9.17) is 14.2 Å². The van der Waals surface area contributed by atoms with Crippen molar-refractivity contribution in [3.05, 3.63) is 107 Å². The third kappa shape index (κ3) is 5.62. The van der Waals surface area contributed by atoms with Crippen molar-refractivity contribution in [1.82, 2.24) is 5.32 Å². The number of carbonyl (C=O) groups excluding carboxylic acids is 1. The van der Waals surface area contributed by atoms with Gasteiger partial charge in [0.1, 0.15) is 17.6 Å². The molecule has 0 aliphatic carbocycles. The summed E-state index contributed by atoms with van der Waals surface area (Å²) in [6.07, 6.45) is 0.851. The Bertz CT molecular complexity index is 1390. The third-order valence-corrected chi connectivity index (χ3v) is 7.09. The number of methoxy groups -OCH3 is 1. The fourth-order valence-corrected chi connectivity index (χ4v) is 5.24. The van der Waals surface area contributed by atoms with Crippen LogP contribution in [-0.2, 0) is 9.53 Å². The average Bonchev–Trinajstić information content (AvgIpc) is 2.93. The maximum atomic E-state index is 11.6. The molecule has 0 spiro atoms. The standard InChI is InChI=1S/C32H33NO4/c1-21-15-24(17-25(16-21)36-20-32(34)35-3)30-18-26(37-31-14-7-6-12-29(30)31)19-33-22(2)27-13-8-10-23-9-4-5-11-28(23)27/h4-17,22,26,30,33H,18-20H2,1-3H3/t22-,26-,30+/m1/s1. The predicted molar refractivity (Wildman–Crippen MR) is 146 cm³/mol. The van der Waals surface area contributed by atoms with Crippen LogP contribution in [0.5, 0.6) is 11.5 Å². The van der Waals surface area contributed by atoms with Crippen molar-refractivity contribution in [2.75, 3.05) is 20.3 Å². The highest BCUT2D eigenvalue weighted by Gasteiger charge is 2.30. The number of para-hydroxylation sites is 1. The number of carbonyl (C=O) groups is 1. The molecule has 1 N–H and O–H groups in total. The predicted octanol–water partition coefficient (Wildman–Crippen LogP) is 6.33. The molecule has 5 nitrogen and oxygen atoms in total. The van der Waals surface area contributed by atoms with Crippen LogP contribution >= 0.6 is 0 Å². The zero-order valence-corrected chi connectivity index (χ0v) is 21.6. The molecule has 0 aromatic heterocycles.